The van der Waals surface area contributed by atoms with Crippen molar-refractivity contribution >= 4 is 13.3 Å². The predicted molar refractivity (Wildman–Crippen MR) is 89.1 cm³/mol. The molecule has 114 valence electrons. The molecule has 0 amide bonds. The Morgan fingerprint density at radius 1 is 0.850 bits per heavy atom. The molecule has 1 aromatic rings. The molecule has 0 fully saturated rings. The highest BCUT2D eigenvalue weighted by Crippen LogP contribution is 2.27. The van der Waals surface area contributed by atoms with E-state index in [0.29, 0.717) is 0 Å². The van der Waals surface area contributed by atoms with Crippen molar-refractivity contribution in [3.05, 3.63) is 30.3 Å². The summed E-state index contributed by atoms with van der Waals surface area (Å²) in [6, 6.07) is 12.8. The van der Waals surface area contributed by atoms with Gasteiger partial charge in [0, 0.05) is 0 Å². The predicted octanol–water partition coefficient (Wildman–Crippen LogP) is 3.29. The van der Waals surface area contributed by atoms with Crippen LogP contribution in [0.5, 0.6) is 0 Å². The van der Waals surface area contributed by atoms with Gasteiger partial charge in [-0.25, -0.2) is 0 Å². The second-order valence-corrected chi connectivity index (χ2v) is 12.3. The maximum absolute atomic E-state index is 10.0. The summed E-state index contributed by atoms with van der Waals surface area (Å²) in [7, 11) is -1.67. The minimum atomic E-state index is -1.67. The summed E-state index contributed by atoms with van der Waals surface area (Å²) in [6.07, 6.45) is 1.63. The number of aliphatic hydroxyl groups is 2. The monoisotopic (exact) mass is 294 g/mol. The minimum absolute atomic E-state index is 0.613. The smallest absolute Gasteiger partial charge is 0.0838 e. The highest BCUT2D eigenvalue weighted by Gasteiger charge is 2.32. The summed E-state index contributed by atoms with van der Waals surface area (Å²) in [6.45, 7) is 9.89. The Bertz CT molecular complexity index is 383. The summed E-state index contributed by atoms with van der Waals surface area (Å²) in [5, 5.41) is 21.5. The molecule has 1 rings (SSSR count). The van der Waals surface area contributed by atoms with Gasteiger partial charge < -0.3 is 10.2 Å². The summed E-state index contributed by atoms with van der Waals surface area (Å²) >= 11 is 0. The molecule has 2 nitrogen and oxygen atoms in total. The van der Waals surface area contributed by atoms with Crippen LogP contribution in [0.4, 0.5) is 0 Å². The largest absolute Gasteiger partial charge is 0.390 e. The van der Waals surface area contributed by atoms with Gasteiger partial charge in [-0.2, -0.15) is 0 Å². The average molecular weight is 295 g/mol. The Morgan fingerprint density at radius 2 is 1.25 bits per heavy atom. The van der Waals surface area contributed by atoms with Crippen molar-refractivity contribution in [1.82, 2.24) is 0 Å². The Labute approximate surface area is 124 Å². The van der Waals surface area contributed by atoms with Crippen LogP contribution >= 0.6 is 0 Å². The Balaban J connectivity index is 2.88. The molecule has 0 unspecified atom stereocenters. The van der Waals surface area contributed by atoms with Crippen LogP contribution in [0.15, 0.2) is 30.3 Å². The van der Waals surface area contributed by atoms with Crippen LogP contribution < -0.4 is 5.19 Å². The van der Waals surface area contributed by atoms with E-state index in [2.05, 4.69) is 30.8 Å². The highest BCUT2D eigenvalue weighted by atomic mass is 28.3. The lowest BCUT2D eigenvalue weighted by molar-refractivity contribution is 0.0743. The lowest BCUT2D eigenvalue weighted by Crippen LogP contribution is -2.46. The van der Waals surface area contributed by atoms with Crippen LogP contribution in [0.1, 0.15) is 40.5 Å². The summed E-state index contributed by atoms with van der Waals surface area (Å²) in [5.41, 5.74) is -1.23. The van der Waals surface area contributed by atoms with Gasteiger partial charge in [-0.15, -0.1) is 0 Å². The van der Waals surface area contributed by atoms with Crippen LogP contribution in [0.2, 0.25) is 18.6 Å². The molecule has 0 aromatic heterocycles. The third-order valence-corrected chi connectivity index (χ3v) is 8.48. The molecule has 2 N–H and O–H groups in total. The van der Waals surface area contributed by atoms with Crippen LogP contribution in [-0.2, 0) is 0 Å². The second kappa shape index (κ2) is 6.42. The third-order valence-electron chi connectivity index (χ3n) is 4.05. The summed E-state index contributed by atoms with van der Waals surface area (Å²) in [4.78, 5) is 0. The molecule has 0 bridgehead atoms. The van der Waals surface area contributed by atoms with Gasteiger partial charge in [0.2, 0.25) is 0 Å². The van der Waals surface area contributed by atoms with Crippen molar-refractivity contribution in [1.29, 1.82) is 0 Å². The topological polar surface area (TPSA) is 40.5 Å². The van der Waals surface area contributed by atoms with Gasteiger partial charge in [-0.3, -0.25) is 0 Å². The fraction of sp³-hybridized carbons (Fsp3) is 0.647. The van der Waals surface area contributed by atoms with Crippen LogP contribution in [0, 0.1) is 0 Å². The van der Waals surface area contributed by atoms with Crippen LogP contribution in [0.3, 0.4) is 0 Å². The van der Waals surface area contributed by atoms with Crippen molar-refractivity contribution in [2.75, 3.05) is 0 Å². The minimum Gasteiger partial charge on any atom is -0.390 e. The van der Waals surface area contributed by atoms with E-state index in [4.69, 9.17) is 0 Å². The van der Waals surface area contributed by atoms with E-state index in [1.165, 1.54) is 5.19 Å². The second-order valence-electron chi connectivity index (χ2n) is 7.55. The van der Waals surface area contributed by atoms with E-state index in [1.54, 1.807) is 0 Å². The van der Waals surface area contributed by atoms with E-state index < -0.39 is 19.3 Å². The zero-order valence-corrected chi connectivity index (χ0v) is 14.6. The van der Waals surface area contributed by atoms with Crippen molar-refractivity contribution in [2.24, 2.45) is 0 Å². The quantitative estimate of drug-likeness (QED) is 0.758. The van der Waals surface area contributed by atoms with Gasteiger partial charge >= 0.3 is 0 Å². The molecule has 20 heavy (non-hydrogen) atoms. The molecule has 0 spiro atoms. The maximum atomic E-state index is 10.0. The van der Waals surface area contributed by atoms with E-state index in [0.717, 1.165) is 24.9 Å². The lowest BCUT2D eigenvalue weighted by Gasteiger charge is -2.33. The number of benzene rings is 1. The molecule has 0 heterocycles. The molecule has 1 aromatic carbocycles. The Morgan fingerprint density at radius 3 is 1.60 bits per heavy atom. The average Bonchev–Trinajstić information content (AvgIpc) is 2.33. The van der Waals surface area contributed by atoms with Crippen molar-refractivity contribution in [3.8, 4) is 0 Å². The maximum Gasteiger partial charge on any atom is 0.0838 e. The molecular weight excluding hydrogens is 264 g/mol. The number of hydrogen-bond acceptors (Lipinski definition) is 2. The standard InChI is InChI=1S/C17H30O2Si/c1-16(2,18)11-13-20(5,14-12-17(3,4)19)15-9-7-6-8-10-15/h6-10,18-19H,11-14H2,1-5H3. The fourth-order valence-electron chi connectivity index (χ4n) is 2.42. The van der Waals surface area contributed by atoms with E-state index in [1.807, 2.05) is 33.8 Å². The molecular formula is C17H30O2Si. The van der Waals surface area contributed by atoms with Gasteiger partial charge in [0.25, 0.3) is 0 Å². The van der Waals surface area contributed by atoms with E-state index >= 15 is 0 Å². The first-order valence-electron chi connectivity index (χ1n) is 7.52. The Hall–Kier alpha value is -0.643. The van der Waals surface area contributed by atoms with Crippen molar-refractivity contribution in [2.45, 2.75) is 70.4 Å². The SMILES string of the molecule is CC(C)(O)CC[Si](C)(CCC(C)(C)O)c1ccccc1. The molecule has 0 aliphatic carbocycles. The molecule has 0 aliphatic heterocycles. The van der Waals surface area contributed by atoms with Gasteiger partial charge in [0.05, 0.1) is 19.3 Å². The zero-order valence-electron chi connectivity index (χ0n) is 13.6. The molecule has 3 heteroatoms. The van der Waals surface area contributed by atoms with Crippen LogP contribution in [-0.4, -0.2) is 29.5 Å². The first-order chi connectivity index (χ1) is 9.02. The summed E-state index contributed by atoms with van der Waals surface area (Å²) < 4.78 is 0. The third kappa shape index (κ3) is 6.20. The van der Waals surface area contributed by atoms with E-state index in [9.17, 15) is 10.2 Å². The molecule has 0 aliphatic rings. The first-order valence-corrected chi connectivity index (χ1v) is 10.4. The van der Waals surface area contributed by atoms with Gasteiger partial charge in [-0.05, 0) is 40.5 Å². The summed E-state index contributed by atoms with van der Waals surface area (Å²) in [5.74, 6) is 0. The zero-order chi connectivity index (χ0) is 15.4. The van der Waals surface area contributed by atoms with Crippen molar-refractivity contribution < 1.29 is 10.2 Å². The van der Waals surface area contributed by atoms with E-state index in [-0.39, 0.29) is 0 Å². The van der Waals surface area contributed by atoms with Gasteiger partial charge in [0.15, 0.2) is 0 Å². The fourth-order valence-corrected chi connectivity index (χ4v) is 6.57. The van der Waals surface area contributed by atoms with Crippen molar-refractivity contribution in [3.63, 3.8) is 0 Å². The lowest BCUT2D eigenvalue weighted by atomic mass is 10.1. The Kier molecular flexibility index (Phi) is 5.59. The highest BCUT2D eigenvalue weighted by molar-refractivity contribution is 6.90. The van der Waals surface area contributed by atoms with Gasteiger partial charge in [-0.1, -0.05) is 54.2 Å². The molecule has 0 saturated carbocycles. The number of hydrogen-bond donors (Lipinski definition) is 2. The molecule has 0 atom stereocenters. The molecule has 0 radical (unpaired) electrons. The first kappa shape index (κ1) is 17.4. The normalized spacial score (nSPS) is 13.6. The molecule has 0 saturated heterocycles. The number of rotatable bonds is 7. The van der Waals surface area contributed by atoms with Crippen LogP contribution in [0.25, 0.3) is 0 Å². The van der Waals surface area contributed by atoms with Gasteiger partial charge in [0.1, 0.15) is 0 Å².